The normalized spacial score (nSPS) is 20.7. The topological polar surface area (TPSA) is 60.2 Å². The van der Waals surface area contributed by atoms with E-state index >= 15 is 0 Å². The van der Waals surface area contributed by atoms with Crippen molar-refractivity contribution in [1.82, 2.24) is 4.98 Å². The molecular formula is C13H17N3O. The fourth-order valence-electron chi connectivity index (χ4n) is 2.36. The average molecular weight is 231 g/mol. The number of nitriles is 1. The Balaban J connectivity index is 2.32. The van der Waals surface area contributed by atoms with Crippen molar-refractivity contribution < 1.29 is 5.11 Å². The molecule has 1 saturated heterocycles. The summed E-state index contributed by atoms with van der Waals surface area (Å²) in [5.74, 6) is 0.718. The fourth-order valence-corrected chi connectivity index (χ4v) is 2.36. The number of anilines is 1. The van der Waals surface area contributed by atoms with E-state index in [0.29, 0.717) is 5.56 Å². The molecule has 0 aliphatic carbocycles. The maximum atomic E-state index is 9.46. The number of aliphatic hydroxyl groups excluding tert-OH is 1. The first-order valence-electron chi connectivity index (χ1n) is 6.09. The summed E-state index contributed by atoms with van der Waals surface area (Å²) in [7, 11) is 0. The van der Waals surface area contributed by atoms with Gasteiger partial charge in [0.2, 0.25) is 0 Å². The molecule has 1 aliphatic rings. The number of pyridine rings is 1. The minimum atomic E-state index is 0.0968. The van der Waals surface area contributed by atoms with Crippen LogP contribution in [0.15, 0.2) is 18.3 Å². The summed E-state index contributed by atoms with van der Waals surface area (Å²) >= 11 is 0. The lowest BCUT2D eigenvalue weighted by Crippen LogP contribution is -2.38. The number of hydrogen-bond acceptors (Lipinski definition) is 4. The average Bonchev–Trinajstić information content (AvgIpc) is 2.63. The van der Waals surface area contributed by atoms with Gasteiger partial charge >= 0.3 is 0 Å². The minimum absolute atomic E-state index is 0.0968. The van der Waals surface area contributed by atoms with Crippen LogP contribution in [0.5, 0.6) is 0 Å². The first-order valence-corrected chi connectivity index (χ1v) is 6.09. The molecule has 1 fully saturated rings. The van der Waals surface area contributed by atoms with Gasteiger partial charge < -0.3 is 10.0 Å². The molecule has 0 saturated carbocycles. The van der Waals surface area contributed by atoms with E-state index in [1.165, 1.54) is 6.42 Å². The molecule has 2 rings (SSSR count). The zero-order chi connectivity index (χ0) is 12.1. The van der Waals surface area contributed by atoms with E-state index in [9.17, 15) is 5.11 Å². The van der Waals surface area contributed by atoms with Gasteiger partial charge in [0, 0.05) is 12.7 Å². The van der Waals surface area contributed by atoms with Crippen molar-refractivity contribution in [2.24, 2.45) is 0 Å². The van der Waals surface area contributed by atoms with Gasteiger partial charge in [0.1, 0.15) is 11.9 Å². The molecule has 1 aromatic heterocycles. The molecule has 0 amide bonds. The SMILES string of the molecule is N#Cc1cccnc1N1CCCCCC1CO. The number of nitrogens with zero attached hydrogens (tertiary/aromatic N) is 3. The van der Waals surface area contributed by atoms with Crippen molar-refractivity contribution in [2.45, 2.75) is 31.7 Å². The molecule has 0 bridgehead atoms. The van der Waals surface area contributed by atoms with E-state index in [2.05, 4.69) is 16.0 Å². The van der Waals surface area contributed by atoms with Crippen LogP contribution in [-0.4, -0.2) is 29.3 Å². The molecule has 0 spiro atoms. The highest BCUT2D eigenvalue weighted by Gasteiger charge is 2.23. The van der Waals surface area contributed by atoms with Gasteiger partial charge in [-0.15, -0.1) is 0 Å². The van der Waals surface area contributed by atoms with Crippen LogP contribution < -0.4 is 4.90 Å². The van der Waals surface area contributed by atoms with E-state index in [1.54, 1.807) is 18.3 Å². The molecule has 1 unspecified atom stereocenters. The van der Waals surface area contributed by atoms with Crippen LogP contribution in [0.25, 0.3) is 0 Å². The highest BCUT2D eigenvalue weighted by Crippen LogP contribution is 2.24. The second kappa shape index (κ2) is 5.65. The Morgan fingerprint density at radius 1 is 1.47 bits per heavy atom. The van der Waals surface area contributed by atoms with Crippen LogP contribution in [-0.2, 0) is 0 Å². The van der Waals surface area contributed by atoms with Crippen LogP contribution >= 0.6 is 0 Å². The molecular weight excluding hydrogens is 214 g/mol. The minimum Gasteiger partial charge on any atom is -0.394 e. The standard InChI is InChI=1S/C13H17N3O/c14-9-11-5-4-7-15-13(11)16-8-3-1-2-6-12(16)10-17/h4-5,7,12,17H,1-3,6,8,10H2. The highest BCUT2D eigenvalue weighted by atomic mass is 16.3. The van der Waals surface area contributed by atoms with Gasteiger partial charge in [-0.2, -0.15) is 5.26 Å². The summed E-state index contributed by atoms with van der Waals surface area (Å²) in [6.45, 7) is 0.998. The maximum Gasteiger partial charge on any atom is 0.146 e. The fraction of sp³-hybridized carbons (Fsp3) is 0.538. The molecule has 1 atom stereocenters. The van der Waals surface area contributed by atoms with Crippen molar-refractivity contribution in [1.29, 1.82) is 5.26 Å². The lowest BCUT2D eigenvalue weighted by atomic mass is 10.1. The molecule has 0 aromatic carbocycles. The van der Waals surface area contributed by atoms with E-state index in [4.69, 9.17) is 5.26 Å². The van der Waals surface area contributed by atoms with Gasteiger partial charge in [-0.1, -0.05) is 12.8 Å². The number of aliphatic hydroxyl groups is 1. The summed E-state index contributed by atoms with van der Waals surface area (Å²) in [5.41, 5.74) is 0.591. The molecule has 4 heteroatoms. The first kappa shape index (κ1) is 11.9. The predicted molar refractivity (Wildman–Crippen MR) is 65.6 cm³/mol. The second-order valence-electron chi connectivity index (χ2n) is 4.37. The molecule has 2 heterocycles. The zero-order valence-electron chi connectivity index (χ0n) is 9.84. The van der Waals surface area contributed by atoms with Crippen LogP contribution in [0, 0.1) is 11.3 Å². The third-order valence-corrected chi connectivity index (χ3v) is 3.27. The van der Waals surface area contributed by atoms with Crippen molar-refractivity contribution in [2.75, 3.05) is 18.1 Å². The lowest BCUT2D eigenvalue weighted by Gasteiger charge is -2.30. The third kappa shape index (κ3) is 2.56. The van der Waals surface area contributed by atoms with Gasteiger partial charge in [0.05, 0.1) is 18.2 Å². The van der Waals surface area contributed by atoms with Gasteiger partial charge in [-0.05, 0) is 25.0 Å². The monoisotopic (exact) mass is 231 g/mol. The molecule has 1 aliphatic heterocycles. The van der Waals surface area contributed by atoms with Crippen molar-refractivity contribution in [3.05, 3.63) is 23.9 Å². The molecule has 1 N–H and O–H groups in total. The highest BCUT2D eigenvalue weighted by molar-refractivity contribution is 5.54. The van der Waals surface area contributed by atoms with E-state index < -0.39 is 0 Å². The Kier molecular flexibility index (Phi) is 3.94. The number of aromatic nitrogens is 1. The Labute approximate surface area is 102 Å². The number of hydrogen-bond donors (Lipinski definition) is 1. The van der Waals surface area contributed by atoms with Crippen LogP contribution in [0.2, 0.25) is 0 Å². The summed E-state index contributed by atoms with van der Waals surface area (Å²) in [5, 5.41) is 18.6. The third-order valence-electron chi connectivity index (χ3n) is 3.27. The van der Waals surface area contributed by atoms with Crippen LogP contribution in [0.4, 0.5) is 5.82 Å². The van der Waals surface area contributed by atoms with Gasteiger partial charge in [0.25, 0.3) is 0 Å². The van der Waals surface area contributed by atoms with Crippen molar-refractivity contribution in [3.63, 3.8) is 0 Å². The van der Waals surface area contributed by atoms with Crippen LogP contribution in [0.3, 0.4) is 0 Å². The summed E-state index contributed by atoms with van der Waals surface area (Å²) < 4.78 is 0. The van der Waals surface area contributed by atoms with E-state index in [0.717, 1.165) is 31.6 Å². The summed E-state index contributed by atoms with van der Waals surface area (Å²) in [6.07, 6.45) is 6.09. The summed E-state index contributed by atoms with van der Waals surface area (Å²) in [4.78, 5) is 6.39. The Bertz CT molecular complexity index is 413. The molecule has 1 aromatic rings. The number of rotatable bonds is 2. The zero-order valence-corrected chi connectivity index (χ0v) is 9.84. The molecule has 90 valence electrons. The Morgan fingerprint density at radius 2 is 2.35 bits per heavy atom. The van der Waals surface area contributed by atoms with Gasteiger partial charge in [-0.3, -0.25) is 0 Å². The molecule has 4 nitrogen and oxygen atoms in total. The second-order valence-corrected chi connectivity index (χ2v) is 4.37. The van der Waals surface area contributed by atoms with Gasteiger partial charge in [-0.25, -0.2) is 4.98 Å². The largest absolute Gasteiger partial charge is 0.394 e. The van der Waals surface area contributed by atoms with E-state index in [1.807, 2.05) is 0 Å². The molecule has 0 radical (unpaired) electrons. The lowest BCUT2D eigenvalue weighted by molar-refractivity contribution is 0.254. The van der Waals surface area contributed by atoms with E-state index in [-0.39, 0.29) is 12.6 Å². The van der Waals surface area contributed by atoms with Crippen LogP contribution in [0.1, 0.15) is 31.2 Å². The van der Waals surface area contributed by atoms with Crippen molar-refractivity contribution in [3.8, 4) is 6.07 Å². The molecule has 17 heavy (non-hydrogen) atoms. The maximum absolute atomic E-state index is 9.46. The summed E-state index contributed by atoms with van der Waals surface area (Å²) in [6, 6.07) is 5.82. The quantitative estimate of drug-likeness (QED) is 0.841. The van der Waals surface area contributed by atoms with Gasteiger partial charge in [0.15, 0.2) is 0 Å². The Hall–Kier alpha value is -1.60. The first-order chi connectivity index (χ1) is 8.36. The predicted octanol–water partition coefficient (Wildman–Crippen LogP) is 1.69. The Morgan fingerprint density at radius 3 is 3.12 bits per heavy atom. The van der Waals surface area contributed by atoms with Crippen molar-refractivity contribution >= 4 is 5.82 Å². The smallest absolute Gasteiger partial charge is 0.146 e.